The fourth-order valence-corrected chi connectivity index (χ4v) is 2.75. The normalized spacial score (nSPS) is 24.4. The van der Waals surface area contributed by atoms with Crippen LogP contribution >= 0.6 is 0 Å². The second kappa shape index (κ2) is 5.93. The molecule has 0 aromatic heterocycles. The first kappa shape index (κ1) is 12.9. The zero-order valence-corrected chi connectivity index (χ0v) is 11.6. The van der Waals surface area contributed by atoms with E-state index in [0.29, 0.717) is 18.1 Å². The van der Waals surface area contributed by atoms with Crippen LogP contribution < -0.4 is 10.1 Å². The zero-order chi connectivity index (χ0) is 13.1. The van der Waals surface area contributed by atoms with Crippen molar-refractivity contribution >= 4 is 0 Å². The Morgan fingerprint density at radius 3 is 2.95 bits per heavy atom. The summed E-state index contributed by atoms with van der Waals surface area (Å²) in [4.78, 5) is 0. The van der Waals surface area contributed by atoms with Crippen molar-refractivity contribution < 1.29 is 9.47 Å². The van der Waals surface area contributed by atoms with E-state index >= 15 is 0 Å². The lowest BCUT2D eigenvalue weighted by atomic mass is 9.92. The smallest absolute Gasteiger partial charge is 0.120 e. The van der Waals surface area contributed by atoms with Crippen LogP contribution in [-0.4, -0.2) is 25.9 Å². The van der Waals surface area contributed by atoms with Crippen LogP contribution in [0, 0.1) is 5.92 Å². The molecule has 3 nitrogen and oxygen atoms in total. The predicted molar refractivity (Wildman–Crippen MR) is 75.4 cm³/mol. The molecule has 0 spiro atoms. The molecule has 1 saturated carbocycles. The topological polar surface area (TPSA) is 30.5 Å². The summed E-state index contributed by atoms with van der Waals surface area (Å²) < 4.78 is 11.4. The van der Waals surface area contributed by atoms with Crippen LogP contribution in [0.1, 0.15) is 37.8 Å². The molecule has 2 fully saturated rings. The van der Waals surface area contributed by atoms with Gasteiger partial charge in [-0.25, -0.2) is 0 Å². The number of benzene rings is 1. The van der Waals surface area contributed by atoms with Crippen molar-refractivity contribution in [1.29, 1.82) is 0 Å². The summed E-state index contributed by atoms with van der Waals surface area (Å²) in [7, 11) is 0. The van der Waals surface area contributed by atoms with Gasteiger partial charge in [0.05, 0.1) is 12.7 Å². The Labute approximate surface area is 115 Å². The van der Waals surface area contributed by atoms with Crippen molar-refractivity contribution in [2.75, 3.05) is 19.8 Å². The van der Waals surface area contributed by atoms with Crippen molar-refractivity contribution in [3.8, 4) is 5.75 Å². The zero-order valence-electron chi connectivity index (χ0n) is 11.6. The van der Waals surface area contributed by atoms with Gasteiger partial charge in [-0.3, -0.25) is 0 Å². The summed E-state index contributed by atoms with van der Waals surface area (Å²) >= 11 is 0. The van der Waals surface area contributed by atoms with Crippen molar-refractivity contribution in [2.45, 2.75) is 38.3 Å². The van der Waals surface area contributed by atoms with Gasteiger partial charge in [0.25, 0.3) is 0 Å². The summed E-state index contributed by atoms with van der Waals surface area (Å²) in [5.74, 6) is 1.60. The third kappa shape index (κ3) is 3.28. The highest BCUT2D eigenvalue weighted by Gasteiger charge is 2.27. The third-order valence-corrected chi connectivity index (χ3v) is 3.90. The average molecular weight is 261 g/mol. The molecule has 0 radical (unpaired) electrons. The number of nitrogens with one attached hydrogen (secondary N) is 1. The van der Waals surface area contributed by atoms with E-state index in [0.717, 1.165) is 31.9 Å². The van der Waals surface area contributed by atoms with Crippen molar-refractivity contribution in [2.24, 2.45) is 5.92 Å². The Morgan fingerprint density at radius 1 is 1.37 bits per heavy atom. The molecular weight excluding hydrogens is 238 g/mol. The van der Waals surface area contributed by atoms with Crippen LogP contribution in [0.2, 0.25) is 0 Å². The number of rotatable bonds is 6. The van der Waals surface area contributed by atoms with Crippen molar-refractivity contribution in [3.63, 3.8) is 0 Å². The van der Waals surface area contributed by atoms with Gasteiger partial charge >= 0.3 is 0 Å². The second-order valence-electron chi connectivity index (χ2n) is 5.55. The quantitative estimate of drug-likeness (QED) is 0.854. The highest BCUT2D eigenvalue weighted by atomic mass is 16.5. The van der Waals surface area contributed by atoms with Crippen LogP contribution in [0.5, 0.6) is 5.75 Å². The lowest BCUT2D eigenvalue weighted by Gasteiger charge is -2.24. The maximum atomic E-state index is 5.90. The molecule has 1 aliphatic carbocycles. The molecule has 2 unspecified atom stereocenters. The number of hydrogen-bond donors (Lipinski definition) is 1. The highest BCUT2D eigenvalue weighted by Crippen LogP contribution is 2.32. The minimum atomic E-state index is 0.384. The minimum Gasteiger partial charge on any atom is -0.490 e. The first-order chi connectivity index (χ1) is 9.36. The SMILES string of the molecule is CCNC(c1cccc(OC2CC2)c1)C1CCOC1. The molecule has 0 bridgehead atoms. The van der Waals surface area contributed by atoms with E-state index in [1.54, 1.807) is 0 Å². The summed E-state index contributed by atoms with van der Waals surface area (Å²) in [6.45, 7) is 4.90. The summed E-state index contributed by atoms with van der Waals surface area (Å²) in [5, 5.41) is 3.60. The van der Waals surface area contributed by atoms with Crippen LogP contribution in [0.4, 0.5) is 0 Å². The molecule has 104 valence electrons. The van der Waals surface area contributed by atoms with E-state index in [4.69, 9.17) is 9.47 Å². The van der Waals surface area contributed by atoms with Gasteiger partial charge in [0.2, 0.25) is 0 Å². The molecular formula is C16H23NO2. The van der Waals surface area contributed by atoms with Gasteiger partial charge in [-0.05, 0) is 43.5 Å². The molecule has 0 amide bonds. The lowest BCUT2D eigenvalue weighted by molar-refractivity contribution is 0.177. The number of hydrogen-bond acceptors (Lipinski definition) is 3. The maximum Gasteiger partial charge on any atom is 0.120 e. The van der Waals surface area contributed by atoms with Crippen molar-refractivity contribution in [1.82, 2.24) is 5.32 Å². The lowest BCUT2D eigenvalue weighted by Crippen LogP contribution is -2.28. The first-order valence-electron chi connectivity index (χ1n) is 7.44. The Kier molecular flexibility index (Phi) is 4.04. The highest BCUT2D eigenvalue weighted by molar-refractivity contribution is 5.31. The van der Waals surface area contributed by atoms with Gasteiger partial charge in [-0.1, -0.05) is 19.1 Å². The van der Waals surface area contributed by atoms with Gasteiger partial charge in [-0.2, -0.15) is 0 Å². The fourth-order valence-electron chi connectivity index (χ4n) is 2.75. The maximum absolute atomic E-state index is 5.90. The minimum absolute atomic E-state index is 0.384. The van der Waals surface area contributed by atoms with Crippen LogP contribution in [0.25, 0.3) is 0 Å². The van der Waals surface area contributed by atoms with Crippen LogP contribution in [-0.2, 0) is 4.74 Å². The monoisotopic (exact) mass is 261 g/mol. The molecule has 3 rings (SSSR count). The molecule has 19 heavy (non-hydrogen) atoms. The standard InChI is InChI=1S/C16H23NO2/c1-2-17-16(13-8-9-18-11-13)12-4-3-5-15(10-12)19-14-6-7-14/h3-5,10,13-14,16-17H,2,6-9,11H2,1H3. The largest absolute Gasteiger partial charge is 0.490 e. The Bertz CT molecular complexity index is 411. The third-order valence-electron chi connectivity index (χ3n) is 3.90. The predicted octanol–water partition coefficient (Wildman–Crippen LogP) is 2.91. The van der Waals surface area contributed by atoms with Gasteiger partial charge in [-0.15, -0.1) is 0 Å². The molecule has 1 aliphatic heterocycles. The van der Waals surface area contributed by atoms with Gasteiger partial charge < -0.3 is 14.8 Å². The van der Waals surface area contributed by atoms with E-state index in [9.17, 15) is 0 Å². The van der Waals surface area contributed by atoms with Crippen LogP contribution in [0.3, 0.4) is 0 Å². The summed E-state index contributed by atoms with van der Waals surface area (Å²) in [6.07, 6.45) is 4.02. The van der Waals surface area contributed by atoms with E-state index in [-0.39, 0.29) is 0 Å². The molecule has 1 aromatic carbocycles. The van der Waals surface area contributed by atoms with Crippen molar-refractivity contribution in [3.05, 3.63) is 29.8 Å². The molecule has 1 saturated heterocycles. The van der Waals surface area contributed by atoms with Crippen LogP contribution in [0.15, 0.2) is 24.3 Å². The summed E-state index contributed by atoms with van der Waals surface area (Å²) in [6, 6.07) is 8.95. The van der Waals surface area contributed by atoms with Gasteiger partial charge in [0, 0.05) is 18.6 Å². The summed E-state index contributed by atoms with van der Waals surface area (Å²) in [5.41, 5.74) is 1.33. The van der Waals surface area contributed by atoms with E-state index in [1.165, 1.54) is 18.4 Å². The van der Waals surface area contributed by atoms with E-state index in [1.807, 2.05) is 0 Å². The number of ether oxygens (including phenoxy) is 2. The molecule has 1 heterocycles. The van der Waals surface area contributed by atoms with Gasteiger partial charge in [0.1, 0.15) is 5.75 Å². The Morgan fingerprint density at radius 2 is 2.26 bits per heavy atom. The average Bonchev–Trinajstić information content (AvgIpc) is 3.07. The molecule has 3 heteroatoms. The Hall–Kier alpha value is -1.06. The fraction of sp³-hybridized carbons (Fsp3) is 0.625. The van der Waals surface area contributed by atoms with E-state index in [2.05, 4.69) is 36.5 Å². The van der Waals surface area contributed by atoms with Gasteiger partial charge in [0.15, 0.2) is 0 Å². The first-order valence-corrected chi connectivity index (χ1v) is 7.44. The molecule has 2 atom stereocenters. The van der Waals surface area contributed by atoms with E-state index < -0.39 is 0 Å². The molecule has 1 aromatic rings. The second-order valence-corrected chi connectivity index (χ2v) is 5.55. The molecule has 1 N–H and O–H groups in total. The molecule has 2 aliphatic rings. The Balaban J connectivity index is 1.75.